The zero-order valence-corrected chi connectivity index (χ0v) is 16.2. The Morgan fingerprint density at radius 3 is 2.10 bits per heavy atom. The van der Waals surface area contributed by atoms with Crippen LogP contribution in [0.5, 0.6) is 0 Å². The molecule has 29 heavy (non-hydrogen) atoms. The van der Waals surface area contributed by atoms with E-state index in [1.807, 2.05) is 0 Å². The van der Waals surface area contributed by atoms with Crippen LogP contribution in [0.3, 0.4) is 0 Å². The zero-order valence-electron chi connectivity index (χ0n) is 14.6. The number of rotatable bonds is 4. The van der Waals surface area contributed by atoms with Crippen molar-refractivity contribution in [3.63, 3.8) is 0 Å². The summed E-state index contributed by atoms with van der Waals surface area (Å²) in [4.78, 5) is 12.5. The lowest BCUT2D eigenvalue weighted by atomic mass is 10.1. The van der Waals surface area contributed by atoms with Crippen LogP contribution in [0.25, 0.3) is 0 Å². The van der Waals surface area contributed by atoms with Gasteiger partial charge in [-0.25, -0.2) is 22.4 Å². The predicted molar refractivity (Wildman–Crippen MR) is 96.2 cm³/mol. The van der Waals surface area contributed by atoms with E-state index in [4.69, 9.17) is 12.2 Å². The van der Waals surface area contributed by atoms with E-state index >= 15 is 0 Å². The molecule has 0 unspecified atom stereocenters. The number of aryl methyl sites for hydroxylation is 1. The quantitative estimate of drug-likeness (QED) is 0.274. The fraction of sp³-hybridized carbons (Fsp3) is 0.250. The van der Waals surface area contributed by atoms with Crippen molar-refractivity contribution in [2.45, 2.75) is 19.5 Å². The van der Waals surface area contributed by atoms with Gasteiger partial charge in [0.2, 0.25) is 0 Å². The summed E-state index contributed by atoms with van der Waals surface area (Å²) >= 11 is 5.83. The van der Waals surface area contributed by atoms with Crippen LogP contribution in [-0.2, 0) is 17.3 Å². The standard InChI is InChI=1S/C16H11F7N2O2S2/c1-3-5-4-6(14(26)27-2)13(29-5)25-15(28)24-12-10(19)8(17)7(16(21,22)23)9(18)11(12)20/h4H,3H2,1-2H3,(H2,24,25,28). The van der Waals surface area contributed by atoms with E-state index in [1.165, 1.54) is 6.07 Å². The Balaban J connectivity index is 2.38. The Labute approximate surface area is 168 Å². The number of benzene rings is 1. The van der Waals surface area contributed by atoms with E-state index < -0.39 is 51.8 Å². The average Bonchev–Trinajstić information content (AvgIpc) is 3.04. The first-order valence-electron chi connectivity index (χ1n) is 7.64. The van der Waals surface area contributed by atoms with Crippen molar-refractivity contribution in [3.05, 3.63) is 45.3 Å². The van der Waals surface area contributed by atoms with Crippen molar-refractivity contribution >= 4 is 45.3 Å². The number of anilines is 2. The van der Waals surface area contributed by atoms with E-state index in [2.05, 4.69) is 10.1 Å². The molecule has 0 aliphatic heterocycles. The first-order chi connectivity index (χ1) is 13.4. The number of carbonyl (C=O) groups is 1. The normalized spacial score (nSPS) is 11.3. The lowest BCUT2D eigenvalue weighted by Crippen LogP contribution is -2.24. The van der Waals surface area contributed by atoms with Gasteiger partial charge in [-0.3, -0.25) is 0 Å². The maximum absolute atomic E-state index is 14.0. The molecule has 0 radical (unpaired) electrons. The van der Waals surface area contributed by atoms with Gasteiger partial charge >= 0.3 is 12.1 Å². The molecule has 0 amide bonds. The first-order valence-corrected chi connectivity index (χ1v) is 8.86. The van der Waals surface area contributed by atoms with Crippen LogP contribution in [-0.4, -0.2) is 18.2 Å². The van der Waals surface area contributed by atoms with Crippen LogP contribution in [0.2, 0.25) is 0 Å². The minimum atomic E-state index is -5.66. The molecule has 0 fully saturated rings. The van der Waals surface area contributed by atoms with Gasteiger partial charge in [0, 0.05) is 4.88 Å². The maximum atomic E-state index is 14.0. The molecule has 2 N–H and O–H groups in total. The van der Waals surface area contributed by atoms with Crippen molar-refractivity contribution in [1.29, 1.82) is 0 Å². The largest absolute Gasteiger partial charge is 0.465 e. The topological polar surface area (TPSA) is 50.4 Å². The Bertz CT molecular complexity index is 944. The molecule has 2 aromatic rings. The van der Waals surface area contributed by atoms with Gasteiger partial charge in [0.05, 0.1) is 12.7 Å². The smallest absolute Gasteiger partial charge is 0.422 e. The van der Waals surface area contributed by atoms with Crippen LogP contribution < -0.4 is 10.6 Å². The molecule has 0 bridgehead atoms. The van der Waals surface area contributed by atoms with E-state index in [9.17, 15) is 35.5 Å². The molecule has 0 saturated heterocycles. The van der Waals surface area contributed by atoms with Gasteiger partial charge < -0.3 is 15.4 Å². The summed E-state index contributed by atoms with van der Waals surface area (Å²) in [7, 11) is 1.12. The van der Waals surface area contributed by atoms with Gasteiger partial charge in [-0.05, 0) is 24.7 Å². The fourth-order valence-corrected chi connectivity index (χ4v) is 3.47. The van der Waals surface area contributed by atoms with Gasteiger partial charge in [-0.15, -0.1) is 11.3 Å². The van der Waals surface area contributed by atoms with Crippen molar-refractivity contribution < 1.29 is 40.3 Å². The van der Waals surface area contributed by atoms with E-state index in [0.717, 1.165) is 18.4 Å². The molecule has 158 valence electrons. The molecular weight excluding hydrogens is 449 g/mol. The molecule has 1 aromatic heterocycles. The molecule has 0 aliphatic rings. The van der Waals surface area contributed by atoms with E-state index in [1.54, 1.807) is 12.2 Å². The monoisotopic (exact) mass is 460 g/mol. The summed E-state index contributed by atoms with van der Waals surface area (Å²) in [6.07, 6.45) is -5.13. The second-order valence-electron chi connectivity index (χ2n) is 5.38. The Morgan fingerprint density at radius 2 is 1.66 bits per heavy atom. The predicted octanol–water partition coefficient (Wildman–Crippen LogP) is 5.48. The molecule has 0 aliphatic carbocycles. The van der Waals surface area contributed by atoms with E-state index in [-0.39, 0.29) is 10.6 Å². The molecule has 0 saturated carbocycles. The van der Waals surface area contributed by atoms with Crippen LogP contribution >= 0.6 is 23.6 Å². The number of ether oxygens (including phenoxy) is 1. The van der Waals surface area contributed by atoms with Crippen molar-refractivity contribution in [2.24, 2.45) is 0 Å². The number of alkyl halides is 3. The highest BCUT2D eigenvalue weighted by atomic mass is 32.1. The number of esters is 1. The summed E-state index contributed by atoms with van der Waals surface area (Å²) in [6, 6.07) is 1.47. The van der Waals surface area contributed by atoms with Crippen LogP contribution in [0.15, 0.2) is 6.07 Å². The molecule has 4 nitrogen and oxygen atoms in total. The van der Waals surface area contributed by atoms with Gasteiger partial charge in [0.15, 0.2) is 28.4 Å². The third kappa shape index (κ3) is 4.61. The Kier molecular flexibility index (Phi) is 6.73. The summed E-state index contributed by atoms with van der Waals surface area (Å²) in [5.41, 5.74) is -4.22. The maximum Gasteiger partial charge on any atom is 0.422 e. The van der Waals surface area contributed by atoms with Gasteiger partial charge in [-0.1, -0.05) is 6.92 Å². The summed E-state index contributed by atoms with van der Waals surface area (Å²) in [5, 5.41) is 3.65. The second kappa shape index (κ2) is 8.53. The summed E-state index contributed by atoms with van der Waals surface area (Å²) in [6.45, 7) is 1.78. The molecule has 1 heterocycles. The number of nitrogens with one attached hydrogen (secondary N) is 2. The van der Waals surface area contributed by atoms with Crippen LogP contribution in [0.4, 0.5) is 41.4 Å². The Hall–Kier alpha value is -2.41. The average molecular weight is 460 g/mol. The number of thiophene rings is 1. The lowest BCUT2D eigenvalue weighted by molar-refractivity contribution is -0.143. The van der Waals surface area contributed by atoms with Gasteiger partial charge in [0.25, 0.3) is 0 Å². The van der Waals surface area contributed by atoms with Crippen molar-refractivity contribution in [2.75, 3.05) is 17.7 Å². The highest BCUT2D eigenvalue weighted by Crippen LogP contribution is 2.38. The molecule has 1 aromatic carbocycles. The number of carbonyl (C=O) groups excluding carboxylic acids is 1. The number of hydrogen-bond donors (Lipinski definition) is 2. The minimum Gasteiger partial charge on any atom is -0.465 e. The minimum absolute atomic E-state index is 0.0317. The van der Waals surface area contributed by atoms with E-state index in [0.29, 0.717) is 11.3 Å². The number of hydrogen-bond acceptors (Lipinski definition) is 4. The fourth-order valence-electron chi connectivity index (χ4n) is 2.21. The number of methoxy groups -OCH3 is 1. The molecular formula is C16H11F7N2O2S2. The molecule has 13 heteroatoms. The second-order valence-corrected chi connectivity index (χ2v) is 6.93. The summed E-state index contributed by atoms with van der Waals surface area (Å²) in [5.74, 6) is -10.6. The molecule has 0 atom stereocenters. The van der Waals surface area contributed by atoms with Gasteiger partial charge in [-0.2, -0.15) is 13.2 Å². The highest BCUT2D eigenvalue weighted by molar-refractivity contribution is 7.80. The third-order valence-corrected chi connectivity index (χ3v) is 4.95. The van der Waals surface area contributed by atoms with Crippen molar-refractivity contribution in [3.8, 4) is 0 Å². The summed E-state index contributed by atoms with van der Waals surface area (Å²) < 4.78 is 97.7. The van der Waals surface area contributed by atoms with Gasteiger partial charge in [0.1, 0.15) is 16.3 Å². The Morgan fingerprint density at radius 1 is 1.10 bits per heavy atom. The first kappa shape index (κ1) is 22.9. The third-order valence-electron chi connectivity index (χ3n) is 3.55. The molecule has 2 rings (SSSR count). The highest BCUT2D eigenvalue weighted by Gasteiger charge is 2.42. The van der Waals surface area contributed by atoms with Crippen molar-refractivity contribution in [1.82, 2.24) is 0 Å². The zero-order chi connectivity index (χ0) is 22.1. The lowest BCUT2D eigenvalue weighted by Gasteiger charge is -2.16. The number of halogens is 7. The number of thiocarbonyl (C=S) groups is 1. The van der Waals surface area contributed by atoms with Crippen LogP contribution in [0.1, 0.15) is 27.7 Å². The SMILES string of the molecule is CCc1cc(C(=O)OC)c(NC(=S)Nc2c(F)c(F)c(C(F)(F)F)c(F)c2F)s1. The van der Waals surface area contributed by atoms with Crippen LogP contribution in [0, 0.1) is 23.3 Å². The molecule has 0 spiro atoms.